The highest BCUT2D eigenvalue weighted by Gasteiger charge is 2.45. The summed E-state index contributed by atoms with van der Waals surface area (Å²) in [6.07, 6.45) is 2.46. The number of hydrogen-bond acceptors (Lipinski definition) is 5. The summed E-state index contributed by atoms with van der Waals surface area (Å²) in [6.45, 7) is 8.65. The monoisotopic (exact) mass is 534 g/mol. The third-order valence-electron chi connectivity index (χ3n) is 7.14. The Labute approximate surface area is 226 Å². The Morgan fingerprint density at radius 1 is 1.13 bits per heavy atom. The van der Waals surface area contributed by atoms with Gasteiger partial charge in [0.1, 0.15) is 0 Å². The second-order valence-electron chi connectivity index (χ2n) is 11.3. The maximum atomic E-state index is 13.1. The van der Waals surface area contributed by atoms with E-state index in [9.17, 15) is 14.4 Å². The topological polar surface area (TPSA) is 93.5 Å². The Balaban J connectivity index is 1.34. The second kappa shape index (κ2) is 10.0. The van der Waals surface area contributed by atoms with Crippen molar-refractivity contribution in [1.29, 1.82) is 0 Å². The summed E-state index contributed by atoms with van der Waals surface area (Å²) >= 11 is 6.18. The quantitative estimate of drug-likeness (QED) is 0.521. The average Bonchev–Trinajstić information content (AvgIpc) is 3.31. The van der Waals surface area contributed by atoms with Crippen molar-refractivity contribution in [2.24, 2.45) is 10.8 Å². The summed E-state index contributed by atoms with van der Waals surface area (Å²) in [7, 11) is 0. The molecule has 2 aliphatic heterocycles. The first-order chi connectivity index (χ1) is 18.0. The molecule has 2 fully saturated rings. The minimum absolute atomic E-state index is 0.00372. The zero-order valence-electron chi connectivity index (χ0n) is 21.8. The van der Waals surface area contributed by atoms with E-state index in [1.54, 1.807) is 18.2 Å². The molecule has 3 heterocycles. The number of rotatable bonds is 5. The van der Waals surface area contributed by atoms with Gasteiger partial charge >= 0.3 is 0 Å². The van der Waals surface area contributed by atoms with Crippen LogP contribution >= 0.6 is 11.6 Å². The van der Waals surface area contributed by atoms with Crippen LogP contribution in [0.3, 0.4) is 0 Å². The van der Waals surface area contributed by atoms with Gasteiger partial charge in [-0.1, -0.05) is 44.5 Å². The van der Waals surface area contributed by atoms with Gasteiger partial charge in [0, 0.05) is 46.1 Å². The Morgan fingerprint density at radius 2 is 1.92 bits per heavy atom. The van der Waals surface area contributed by atoms with Gasteiger partial charge < -0.3 is 15.0 Å². The first-order valence-corrected chi connectivity index (χ1v) is 13.0. The van der Waals surface area contributed by atoms with Crippen molar-refractivity contribution < 1.29 is 14.3 Å². The molecule has 3 aromatic rings. The number of ether oxygens (including phenoxy) is 1. The Bertz CT molecular complexity index is 1460. The summed E-state index contributed by atoms with van der Waals surface area (Å²) < 4.78 is 6.86. The van der Waals surface area contributed by atoms with Crippen LogP contribution in [0.15, 0.2) is 59.7 Å². The molecule has 198 valence electrons. The highest BCUT2D eigenvalue weighted by Crippen LogP contribution is 2.38. The molecule has 2 saturated heterocycles. The molecule has 0 bridgehead atoms. The smallest absolute Gasteiger partial charge is 0.254 e. The maximum absolute atomic E-state index is 13.1. The van der Waals surface area contributed by atoms with Crippen LogP contribution in [-0.4, -0.2) is 52.6 Å². The third kappa shape index (κ3) is 5.37. The molecule has 0 radical (unpaired) electrons. The van der Waals surface area contributed by atoms with Crippen molar-refractivity contribution in [2.75, 3.05) is 31.6 Å². The van der Waals surface area contributed by atoms with Crippen LogP contribution < -0.4 is 10.9 Å². The fraction of sp³-hybridized carbons (Fsp3) is 0.379. The van der Waals surface area contributed by atoms with Gasteiger partial charge in [0.25, 0.3) is 11.5 Å². The summed E-state index contributed by atoms with van der Waals surface area (Å²) in [6, 6.07) is 13.9. The summed E-state index contributed by atoms with van der Waals surface area (Å²) in [5.74, 6) is -0.169. The van der Waals surface area contributed by atoms with Crippen molar-refractivity contribution >= 4 is 29.1 Å². The fourth-order valence-corrected chi connectivity index (χ4v) is 4.93. The molecule has 0 aliphatic carbocycles. The fourth-order valence-electron chi connectivity index (χ4n) is 4.76. The normalized spacial score (nSPS) is 16.4. The average molecular weight is 535 g/mol. The minimum atomic E-state index is -0.603. The van der Waals surface area contributed by atoms with Crippen LogP contribution in [-0.2, 0) is 16.1 Å². The molecule has 0 unspecified atom stereocenters. The van der Waals surface area contributed by atoms with Crippen LogP contribution in [0.2, 0.25) is 5.02 Å². The number of nitrogens with zero attached hydrogens (tertiary/aromatic N) is 3. The number of carbonyl (C=O) groups is 2. The van der Waals surface area contributed by atoms with Gasteiger partial charge in [0.2, 0.25) is 5.91 Å². The number of benzene rings is 2. The van der Waals surface area contributed by atoms with Gasteiger partial charge in [-0.2, -0.15) is 0 Å². The Morgan fingerprint density at radius 3 is 2.58 bits per heavy atom. The summed E-state index contributed by atoms with van der Waals surface area (Å²) in [4.78, 5) is 45.1. The van der Waals surface area contributed by atoms with Crippen molar-refractivity contribution in [3.05, 3.63) is 81.4 Å². The number of nitrogens with one attached hydrogen (secondary N) is 1. The summed E-state index contributed by atoms with van der Waals surface area (Å²) in [5.41, 5.74) is 2.24. The second-order valence-corrected chi connectivity index (χ2v) is 11.7. The number of carbonyl (C=O) groups excluding carboxylic acids is 2. The van der Waals surface area contributed by atoms with Gasteiger partial charge in [-0.3, -0.25) is 19.0 Å². The lowest BCUT2D eigenvalue weighted by Gasteiger charge is -2.37. The maximum Gasteiger partial charge on any atom is 0.254 e. The van der Waals surface area contributed by atoms with E-state index in [-0.39, 0.29) is 29.3 Å². The number of amides is 2. The first kappa shape index (κ1) is 26.1. The molecule has 2 amide bonds. The molecule has 1 aromatic heterocycles. The molecular weight excluding hydrogens is 504 g/mol. The molecule has 1 spiro atoms. The lowest BCUT2D eigenvalue weighted by Crippen LogP contribution is -2.45. The predicted molar refractivity (Wildman–Crippen MR) is 146 cm³/mol. The van der Waals surface area contributed by atoms with E-state index in [4.69, 9.17) is 16.3 Å². The number of aromatic nitrogens is 2. The van der Waals surface area contributed by atoms with E-state index >= 15 is 0 Å². The molecule has 38 heavy (non-hydrogen) atoms. The molecule has 9 heteroatoms. The van der Waals surface area contributed by atoms with Gasteiger partial charge in [-0.15, -0.1) is 0 Å². The van der Waals surface area contributed by atoms with Crippen molar-refractivity contribution in [3.8, 4) is 11.3 Å². The van der Waals surface area contributed by atoms with Gasteiger partial charge in [0.15, 0.2) is 0 Å². The Kier molecular flexibility index (Phi) is 6.88. The van der Waals surface area contributed by atoms with E-state index < -0.39 is 5.41 Å². The zero-order valence-corrected chi connectivity index (χ0v) is 22.5. The SMILES string of the molecule is CC(C)(C)C(=O)Nc1cc(Cl)ccc1-c1cc(=O)n(Cc2cccc(C(=O)N3CCC4(COC4)C3)c2)cn1. The Hall–Kier alpha value is -3.49. The zero-order chi connectivity index (χ0) is 27.1. The van der Waals surface area contributed by atoms with Crippen LogP contribution in [0.4, 0.5) is 5.69 Å². The predicted octanol–water partition coefficient (Wildman–Crippen LogP) is 4.46. The highest BCUT2D eigenvalue weighted by molar-refractivity contribution is 6.31. The molecular formula is C29H31ClN4O4. The standard InChI is InChI=1S/C29H31ClN4O4/c1-28(2,3)27(37)32-24-12-21(30)7-8-22(24)23-13-25(35)34(18-31-23)14-19-5-4-6-20(11-19)26(36)33-10-9-29(15-33)16-38-17-29/h4-8,11-13,18H,9-10,14-17H2,1-3H3,(H,32,37). The van der Waals surface area contributed by atoms with E-state index in [0.717, 1.165) is 38.3 Å². The van der Waals surface area contributed by atoms with Crippen molar-refractivity contribution in [2.45, 2.75) is 33.7 Å². The minimum Gasteiger partial charge on any atom is -0.380 e. The molecule has 0 atom stereocenters. The number of likely N-dealkylation sites (tertiary alicyclic amines) is 1. The number of anilines is 1. The molecule has 8 nitrogen and oxygen atoms in total. The molecule has 5 rings (SSSR count). The van der Waals surface area contributed by atoms with E-state index in [1.165, 1.54) is 17.0 Å². The van der Waals surface area contributed by atoms with Crippen LogP contribution in [0, 0.1) is 10.8 Å². The first-order valence-electron chi connectivity index (χ1n) is 12.7. The lowest BCUT2D eigenvalue weighted by molar-refractivity contribution is -0.123. The van der Waals surface area contributed by atoms with Crippen molar-refractivity contribution in [1.82, 2.24) is 14.5 Å². The van der Waals surface area contributed by atoms with Crippen LogP contribution in [0.1, 0.15) is 43.1 Å². The van der Waals surface area contributed by atoms with Gasteiger partial charge in [0.05, 0.1) is 37.5 Å². The molecule has 0 saturated carbocycles. The van der Waals surface area contributed by atoms with Crippen LogP contribution in [0.25, 0.3) is 11.3 Å². The molecule has 1 N–H and O–H groups in total. The number of hydrogen-bond donors (Lipinski definition) is 1. The van der Waals surface area contributed by atoms with Gasteiger partial charge in [-0.05, 0) is 42.3 Å². The number of halogens is 1. The lowest BCUT2D eigenvalue weighted by atomic mass is 9.85. The van der Waals surface area contributed by atoms with E-state index in [0.29, 0.717) is 27.5 Å². The largest absolute Gasteiger partial charge is 0.380 e. The molecule has 2 aliphatic rings. The molecule has 2 aromatic carbocycles. The third-order valence-corrected chi connectivity index (χ3v) is 7.37. The van der Waals surface area contributed by atoms with E-state index in [2.05, 4.69) is 10.3 Å². The highest BCUT2D eigenvalue weighted by atomic mass is 35.5. The van der Waals surface area contributed by atoms with E-state index in [1.807, 2.05) is 49.9 Å². The van der Waals surface area contributed by atoms with Crippen LogP contribution in [0.5, 0.6) is 0 Å². The van der Waals surface area contributed by atoms with Crippen molar-refractivity contribution in [3.63, 3.8) is 0 Å². The summed E-state index contributed by atoms with van der Waals surface area (Å²) in [5, 5.41) is 3.36. The van der Waals surface area contributed by atoms with Gasteiger partial charge in [-0.25, -0.2) is 4.98 Å².